The van der Waals surface area contributed by atoms with Crippen LogP contribution in [0.3, 0.4) is 0 Å². The lowest BCUT2D eigenvalue weighted by atomic mass is 9.82. The number of ether oxygens (including phenoxy) is 1. The number of hydrogen-bond acceptors (Lipinski definition) is 9. The van der Waals surface area contributed by atoms with Crippen molar-refractivity contribution in [3.05, 3.63) is 101 Å². The summed E-state index contributed by atoms with van der Waals surface area (Å²) in [5.74, 6) is 0.169. The average Bonchev–Trinajstić information content (AvgIpc) is 3.75. The fourth-order valence-electron chi connectivity index (χ4n) is 8.83. The average molecular weight is 765 g/mol. The third kappa shape index (κ3) is 4.92. The molecular weight excluding hydrogens is 719 g/mol. The van der Waals surface area contributed by atoms with Crippen LogP contribution in [0.1, 0.15) is 73.8 Å². The smallest absolute Gasteiger partial charge is 0.314 e. The molecular formula is C42H46N5O5S2+. The first-order valence-corrected chi connectivity index (χ1v) is 19.4. The van der Waals surface area contributed by atoms with Gasteiger partial charge in [-0.3, -0.25) is 0 Å². The van der Waals surface area contributed by atoms with Gasteiger partial charge in [0.1, 0.15) is 34.4 Å². The Morgan fingerprint density at radius 1 is 0.815 bits per heavy atom. The number of thiol groups is 2. The Kier molecular flexibility index (Phi) is 8.66. The number of phenols is 4. The summed E-state index contributed by atoms with van der Waals surface area (Å²) in [5.41, 5.74) is 4.32. The van der Waals surface area contributed by atoms with Crippen molar-refractivity contribution in [3.8, 4) is 28.7 Å². The number of aromatic hydroxyl groups is 4. The highest BCUT2D eigenvalue weighted by Crippen LogP contribution is 2.68. The van der Waals surface area contributed by atoms with E-state index in [9.17, 15) is 20.4 Å². The maximum absolute atomic E-state index is 12.2. The zero-order valence-electron chi connectivity index (χ0n) is 31.1. The molecule has 3 heterocycles. The van der Waals surface area contributed by atoms with Crippen molar-refractivity contribution in [1.29, 1.82) is 0 Å². The third-order valence-corrected chi connectivity index (χ3v) is 12.3. The largest absolute Gasteiger partial charge is 0.508 e. The zero-order valence-corrected chi connectivity index (χ0v) is 32.9. The quantitative estimate of drug-likeness (QED) is 0.0471. The highest BCUT2D eigenvalue weighted by Gasteiger charge is 2.73. The topological polar surface area (TPSA) is 125 Å². The molecule has 8 rings (SSSR count). The Morgan fingerprint density at radius 2 is 1.52 bits per heavy atom. The molecule has 2 unspecified atom stereocenters. The van der Waals surface area contributed by atoms with Crippen molar-refractivity contribution in [1.82, 2.24) is 13.6 Å². The van der Waals surface area contributed by atoms with Crippen LogP contribution >= 0.6 is 25.3 Å². The lowest BCUT2D eigenvalue weighted by molar-refractivity contribution is 0.219. The van der Waals surface area contributed by atoms with Crippen LogP contribution in [0, 0.1) is 0 Å². The van der Waals surface area contributed by atoms with Gasteiger partial charge in [0, 0.05) is 67.2 Å². The van der Waals surface area contributed by atoms with Crippen LogP contribution in [-0.2, 0) is 32.1 Å². The Labute approximate surface area is 325 Å². The molecule has 1 aliphatic heterocycles. The maximum atomic E-state index is 12.2. The van der Waals surface area contributed by atoms with Crippen LogP contribution < -0.4 is 9.22 Å². The van der Waals surface area contributed by atoms with Gasteiger partial charge in [0.15, 0.2) is 5.69 Å². The monoisotopic (exact) mass is 764 g/mol. The Morgan fingerprint density at radius 3 is 2.19 bits per heavy atom. The molecule has 0 amide bonds. The van der Waals surface area contributed by atoms with E-state index in [1.807, 2.05) is 44.4 Å². The van der Waals surface area contributed by atoms with Crippen molar-refractivity contribution in [2.45, 2.75) is 75.3 Å². The summed E-state index contributed by atoms with van der Waals surface area (Å²) in [4.78, 5) is 0. The van der Waals surface area contributed by atoms with Gasteiger partial charge in [-0.2, -0.15) is 4.48 Å². The van der Waals surface area contributed by atoms with E-state index in [-0.39, 0.29) is 39.0 Å². The summed E-state index contributed by atoms with van der Waals surface area (Å²) in [6.07, 6.45) is 8.03. The molecule has 4 aromatic carbocycles. The fraction of sp³-hybridized carbons (Fsp3) is 0.333. The van der Waals surface area contributed by atoms with Gasteiger partial charge >= 0.3 is 4.33 Å². The maximum Gasteiger partial charge on any atom is 0.314 e. The van der Waals surface area contributed by atoms with Gasteiger partial charge < -0.3 is 34.3 Å². The molecule has 2 aromatic heterocycles. The summed E-state index contributed by atoms with van der Waals surface area (Å²) in [6.45, 7) is 6.89. The molecule has 0 bridgehead atoms. The number of methoxy groups -OCH3 is 1. The second kappa shape index (κ2) is 12.9. The third-order valence-electron chi connectivity index (χ3n) is 11.5. The lowest BCUT2D eigenvalue weighted by Crippen LogP contribution is -2.64. The number of quaternary nitrogens is 1. The molecule has 0 radical (unpaired) electrons. The minimum absolute atomic E-state index is 0.0177. The molecule has 2 aliphatic rings. The molecule has 1 saturated carbocycles. The number of azo groups is 1. The van der Waals surface area contributed by atoms with E-state index in [1.165, 1.54) is 12.1 Å². The highest BCUT2D eigenvalue weighted by molar-refractivity contribution is 8.00. The minimum atomic E-state index is -1.84. The van der Waals surface area contributed by atoms with E-state index in [0.29, 0.717) is 40.2 Å². The van der Waals surface area contributed by atoms with E-state index < -0.39 is 9.99 Å². The summed E-state index contributed by atoms with van der Waals surface area (Å²) in [6, 6.07) is 18.4. The summed E-state index contributed by atoms with van der Waals surface area (Å²) < 4.78 is 8.17. The van der Waals surface area contributed by atoms with Gasteiger partial charge in [0.2, 0.25) is 0 Å². The standard InChI is InChI=1S/C42H45N5O5S2/c1-6-16-46-17-15-28-34(13-14-39(52-5)40(28)46)47(27-11-12-33-29(19-27)25(8-3)23-45(33)4)41(43-44-42(47,53)54,31-18-24(7-2)35(48)21-37(31)50)32-20-30(26-9-10-26)36(49)22-38(32)51/h11-15,17-23,26H,6-10,16H2,1-5H3,(H5-,48,49,50,51,53,54)/p+1. The van der Waals surface area contributed by atoms with Gasteiger partial charge in [0.05, 0.1) is 29.1 Å². The van der Waals surface area contributed by atoms with Gasteiger partial charge in [-0.15, -0.1) is 5.11 Å². The molecule has 6 aromatic rings. The predicted octanol–water partition coefficient (Wildman–Crippen LogP) is 9.85. The van der Waals surface area contributed by atoms with Crippen molar-refractivity contribution < 1.29 is 25.2 Å². The molecule has 0 saturated heterocycles. The summed E-state index contributed by atoms with van der Waals surface area (Å²) in [5, 5.41) is 58.6. The number of aryl methyl sites for hydroxylation is 4. The number of fused-ring (bicyclic) bond motifs is 2. The second-order valence-electron chi connectivity index (χ2n) is 14.6. The summed E-state index contributed by atoms with van der Waals surface area (Å²) in [7, 11) is 3.68. The van der Waals surface area contributed by atoms with Gasteiger partial charge in [-0.1, -0.05) is 51.1 Å². The minimum Gasteiger partial charge on any atom is -0.508 e. The number of aromatic nitrogens is 2. The van der Waals surface area contributed by atoms with E-state index in [2.05, 4.69) is 41.3 Å². The van der Waals surface area contributed by atoms with Crippen molar-refractivity contribution in [3.63, 3.8) is 0 Å². The number of benzene rings is 4. The fourth-order valence-corrected chi connectivity index (χ4v) is 9.66. The van der Waals surface area contributed by atoms with Crippen LogP contribution in [0.2, 0.25) is 0 Å². The first-order chi connectivity index (χ1) is 25.9. The number of nitrogens with zero attached hydrogens (tertiary/aromatic N) is 5. The molecule has 0 spiro atoms. The first-order valence-electron chi connectivity index (χ1n) is 18.5. The van der Waals surface area contributed by atoms with Crippen LogP contribution in [0.5, 0.6) is 28.7 Å². The van der Waals surface area contributed by atoms with Gasteiger partial charge in [-0.25, -0.2) is 0 Å². The van der Waals surface area contributed by atoms with Gasteiger partial charge in [0.25, 0.3) is 5.66 Å². The summed E-state index contributed by atoms with van der Waals surface area (Å²) >= 11 is 10.7. The van der Waals surface area contributed by atoms with Gasteiger partial charge in [-0.05, 0) is 85.0 Å². The van der Waals surface area contributed by atoms with E-state index in [1.54, 1.807) is 19.2 Å². The van der Waals surface area contributed by atoms with Crippen LogP contribution in [0.4, 0.5) is 11.4 Å². The van der Waals surface area contributed by atoms with Crippen molar-refractivity contribution in [2.75, 3.05) is 7.11 Å². The molecule has 54 heavy (non-hydrogen) atoms. The SMILES string of the molecule is CCCn1ccc2c([N+]3(c4ccc5c(c4)c(CC)cn5C)C(S)(S)N=NC3(c3cc(CC)c(O)cc3O)c3cc(C4CC4)c(O)cc3O)ccc(OC)c21. The number of hydrogen-bond donors (Lipinski definition) is 6. The van der Waals surface area contributed by atoms with E-state index in [0.717, 1.165) is 59.6 Å². The number of rotatable bonds is 10. The second-order valence-corrected chi connectivity index (χ2v) is 16.2. The Balaban J connectivity index is 1.64. The highest BCUT2D eigenvalue weighted by atomic mass is 32.2. The Hall–Kier alpha value is -4.78. The molecule has 12 heteroatoms. The van der Waals surface area contributed by atoms with Crippen LogP contribution in [0.15, 0.2) is 83.3 Å². The van der Waals surface area contributed by atoms with E-state index in [4.69, 9.17) is 40.2 Å². The molecule has 280 valence electrons. The lowest BCUT2D eigenvalue weighted by Gasteiger charge is -2.50. The molecule has 10 nitrogen and oxygen atoms in total. The van der Waals surface area contributed by atoms with Crippen molar-refractivity contribution in [2.24, 2.45) is 17.3 Å². The van der Waals surface area contributed by atoms with Crippen molar-refractivity contribution >= 4 is 58.4 Å². The Bertz CT molecular complexity index is 2500. The van der Waals surface area contributed by atoms with Crippen LogP contribution in [0.25, 0.3) is 21.8 Å². The normalized spacial score (nSPS) is 20.7. The molecule has 4 N–H and O–H groups in total. The van der Waals surface area contributed by atoms with Crippen LogP contribution in [-0.4, -0.2) is 41.0 Å². The predicted molar refractivity (Wildman–Crippen MR) is 220 cm³/mol. The zero-order chi connectivity index (χ0) is 38.3. The molecule has 1 fully saturated rings. The molecule has 1 aliphatic carbocycles. The molecule has 2 atom stereocenters. The van der Waals surface area contributed by atoms with E-state index >= 15 is 0 Å². The first kappa shape index (κ1) is 36.2. The number of phenolic OH excluding ortho intramolecular Hbond substituents is 4.